The van der Waals surface area contributed by atoms with Crippen molar-refractivity contribution >= 4 is 21.7 Å². The Balaban J connectivity index is 1.22. The summed E-state index contributed by atoms with van der Waals surface area (Å²) in [6.45, 7) is 2.68. The number of carboxylic acids is 1. The van der Waals surface area contributed by atoms with Gasteiger partial charge in [-0.15, -0.1) is 0 Å². The number of aliphatic carboxylic acids is 1. The van der Waals surface area contributed by atoms with Crippen molar-refractivity contribution in [3.05, 3.63) is 90.3 Å². The molecule has 0 bridgehead atoms. The topological polar surface area (TPSA) is 109 Å². The third-order valence-corrected chi connectivity index (χ3v) is 7.98. The number of anilines is 1. The summed E-state index contributed by atoms with van der Waals surface area (Å²) in [4.78, 5) is 18.2. The van der Waals surface area contributed by atoms with Crippen molar-refractivity contribution in [1.82, 2.24) is 9.71 Å². The minimum absolute atomic E-state index is 0.0414. The number of nitrogens with one attached hydrogen (secondary N) is 1. The second-order valence-electron chi connectivity index (χ2n) is 9.37. The summed E-state index contributed by atoms with van der Waals surface area (Å²) < 4.78 is 33.2. The normalized spacial score (nSPS) is 15.3. The first-order chi connectivity index (χ1) is 17.9. The standard InChI is InChI=1S/C28H33N3O5S/c32-28(33)27(30-37(34,35)21-24-4-2-1-3-5-24)20-23-6-8-26(9-7-23)36-19-14-22-12-17-31(18-13-22)25-10-15-29-16-11-25/h1-11,15-16,22,27,30H,12-14,17-21H2,(H,32,33). The smallest absolute Gasteiger partial charge is 0.322 e. The Hall–Kier alpha value is -3.43. The van der Waals surface area contributed by atoms with Gasteiger partial charge < -0.3 is 14.7 Å². The molecule has 1 saturated heterocycles. The van der Waals surface area contributed by atoms with Gasteiger partial charge in [-0.3, -0.25) is 9.78 Å². The number of hydrogen-bond donors (Lipinski definition) is 2. The molecule has 9 heteroatoms. The molecular formula is C28H33N3O5S. The Morgan fingerprint density at radius 2 is 1.68 bits per heavy atom. The molecule has 2 heterocycles. The van der Waals surface area contributed by atoms with Crippen LogP contribution in [0.15, 0.2) is 79.1 Å². The molecule has 2 N–H and O–H groups in total. The van der Waals surface area contributed by atoms with Crippen molar-refractivity contribution in [3.8, 4) is 5.75 Å². The molecule has 3 aromatic rings. The highest BCUT2D eigenvalue weighted by molar-refractivity contribution is 7.88. The SMILES string of the molecule is O=C(O)C(Cc1ccc(OCCC2CCN(c3ccncc3)CC2)cc1)NS(=O)(=O)Cc1ccccc1. The minimum atomic E-state index is -3.81. The van der Waals surface area contributed by atoms with Gasteiger partial charge in [0.1, 0.15) is 11.8 Å². The van der Waals surface area contributed by atoms with E-state index in [9.17, 15) is 18.3 Å². The van der Waals surface area contributed by atoms with E-state index in [0.717, 1.165) is 38.1 Å². The van der Waals surface area contributed by atoms with Gasteiger partial charge >= 0.3 is 5.97 Å². The van der Waals surface area contributed by atoms with Gasteiger partial charge in [0.25, 0.3) is 0 Å². The molecule has 2 aromatic carbocycles. The molecule has 0 saturated carbocycles. The average Bonchev–Trinajstić information content (AvgIpc) is 2.90. The summed E-state index contributed by atoms with van der Waals surface area (Å²) in [7, 11) is -3.81. The van der Waals surface area contributed by atoms with Gasteiger partial charge in [-0.2, -0.15) is 0 Å². The molecule has 0 aliphatic carbocycles. The maximum Gasteiger partial charge on any atom is 0.322 e. The number of sulfonamides is 1. The molecular weight excluding hydrogens is 490 g/mol. The van der Waals surface area contributed by atoms with E-state index in [0.29, 0.717) is 23.7 Å². The average molecular weight is 524 g/mol. The summed E-state index contributed by atoms with van der Waals surface area (Å²) in [5, 5.41) is 9.58. The molecule has 1 aliphatic rings. The monoisotopic (exact) mass is 523 g/mol. The third kappa shape index (κ3) is 8.30. The number of benzene rings is 2. The fourth-order valence-corrected chi connectivity index (χ4v) is 5.90. The molecule has 1 fully saturated rings. The number of carbonyl (C=O) groups is 1. The van der Waals surface area contributed by atoms with E-state index in [1.54, 1.807) is 54.6 Å². The summed E-state index contributed by atoms with van der Waals surface area (Å²) in [6.07, 6.45) is 6.93. The van der Waals surface area contributed by atoms with Crippen molar-refractivity contribution in [2.45, 2.75) is 37.5 Å². The zero-order valence-corrected chi connectivity index (χ0v) is 21.5. The van der Waals surface area contributed by atoms with Gasteiger partial charge in [0.05, 0.1) is 12.4 Å². The van der Waals surface area contributed by atoms with E-state index >= 15 is 0 Å². The number of nitrogens with zero attached hydrogens (tertiary/aromatic N) is 2. The van der Waals surface area contributed by atoms with Crippen LogP contribution in [0.3, 0.4) is 0 Å². The lowest BCUT2D eigenvalue weighted by Crippen LogP contribution is -2.42. The van der Waals surface area contributed by atoms with Crippen LogP contribution in [0.1, 0.15) is 30.4 Å². The molecule has 4 rings (SSSR count). The molecule has 1 unspecified atom stereocenters. The van der Waals surface area contributed by atoms with Gasteiger partial charge in [0.15, 0.2) is 0 Å². The van der Waals surface area contributed by atoms with E-state index in [2.05, 4.69) is 14.6 Å². The predicted octanol–water partition coefficient (Wildman–Crippen LogP) is 3.88. The van der Waals surface area contributed by atoms with Gasteiger partial charge in [0, 0.05) is 31.2 Å². The number of carboxylic acid groups (broad SMARTS) is 1. The fraction of sp³-hybridized carbons (Fsp3) is 0.357. The fourth-order valence-electron chi connectivity index (χ4n) is 4.57. The highest BCUT2D eigenvalue weighted by Gasteiger charge is 2.25. The number of aromatic nitrogens is 1. The van der Waals surface area contributed by atoms with Crippen molar-refractivity contribution in [2.24, 2.45) is 5.92 Å². The largest absolute Gasteiger partial charge is 0.494 e. The van der Waals surface area contributed by atoms with E-state index in [-0.39, 0.29) is 12.2 Å². The predicted molar refractivity (Wildman–Crippen MR) is 143 cm³/mol. The Morgan fingerprint density at radius 1 is 1.00 bits per heavy atom. The number of ether oxygens (including phenoxy) is 1. The molecule has 1 atom stereocenters. The number of rotatable bonds is 12. The van der Waals surface area contributed by atoms with Crippen LogP contribution in [0.25, 0.3) is 0 Å². The first-order valence-electron chi connectivity index (χ1n) is 12.5. The molecule has 196 valence electrons. The highest BCUT2D eigenvalue weighted by Crippen LogP contribution is 2.25. The van der Waals surface area contributed by atoms with Gasteiger partial charge in [-0.25, -0.2) is 13.1 Å². The highest BCUT2D eigenvalue weighted by atomic mass is 32.2. The van der Waals surface area contributed by atoms with Crippen LogP contribution >= 0.6 is 0 Å². The van der Waals surface area contributed by atoms with E-state index in [1.165, 1.54) is 5.69 Å². The Kier molecular flexibility index (Phi) is 9.14. The lowest BCUT2D eigenvalue weighted by Gasteiger charge is -2.33. The first-order valence-corrected chi connectivity index (χ1v) is 14.2. The van der Waals surface area contributed by atoms with Crippen molar-refractivity contribution in [1.29, 1.82) is 0 Å². The van der Waals surface area contributed by atoms with Crippen LogP contribution < -0.4 is 14.4 Å². The zero-order valence-electron chi connectivity index (χ0n) is 20.7. The molecule has 0 radical (unpaired) electrons. The second kappa shape index (κ2) is 12.7. The van der Waals surface area contributed by atoms with E-state index in [4.69, 9.17) is 4.74 Å². The first kappa shape index (κ1) is 26.6. The molecule has 1 aromatic heterocycles. The van der Waals surface area contributed by atoms with Crippen LogP contribution in [-0.2, 0) is 27.0 Å². The number of pyridine rings is 1. The summed E-state index contributed by atoms with van der Waals surface area (Å²) in [5.74, 6) is -0.147. The minimum Gasteiger partial charge on any atom is -0.494 e. The summed E-state index contributed by atoms with van der Waals surface area (Å²) >= 11 is 0. The lowest BCUT2D eigenvalue weighted by molar-refractivity contribution is -0.138. The maximum atomic E-state index is 12.5. The third-order valence-electron chi connectivity index (χ3n) is 6.62. The molecule has 8 nitrogen and oxygen atoms in total. The molecule has 0 amide bonds. The Morgan fingerprint density at radius 3 is 2.32 bits per heavy atom. The molecule has 1 aliphatic heterocycles. The quantitative estimate of drug-likeness (QED) is 0.371. The van der Waals surface area contributed by atoms with Gasteiger partial charge in [0.2, 0.25) is 10.0 Å². The number of hydrogen-bond acceptors (Lipinski definition) is 6. The number of piperidine rings is 1. The summed E-state index contributed by atoms with van der Waals surface area (Å²) in [6, 6.07) is 18.7. The zero-order chi connectivity index (χ0) is 26.1. The summed E-state index contributed by atoms with van der Waals surface area (Å²) in [5.41, 5.74) is 2.53. The van der Waals surface area contributed by atoms with Crippen LogP contribution in [-0.4, -0.2) is 50.2 Å². The van der Waals surface area contributed by atoms with E-state index in [1.807, 2.05) is 24.5 Å². The van der Waals surface area contributed by atoms with Crippen LogP contribution in [0.5, 0.6) is 5.75 Å². The van der Waals surface area contributed by atoms with Crippen molar-refractivity contribution in [2.75, 3.05) is 24.6 Å². The van der Waals surface area contributed by atoms with Gasteiger partial charge in [-0.05, 0) is 67.0 Å². The van der Waals surface area contributed by atoms with Crippen LogP contribution in [0.2, 0.25) is 0 Å². The van der Waals surface area contributed by atoms with Crippen LogP contribution in [0.4, 0.5) is 5.69 Å². The van der Waals surface area contributed by atoms with Crippen molar-refractivity contribution in [3.63, 3.8) is 0 Å². The molecule has 0 spiro atoms. The Labute approximate surface area is 218 Å². The molecule has 37 heavy (non-hydrogen) atoms. The van der Waals surface area contributed by atoms with Crippen LogP contribution in [0, 0.1) is 5.92 Å². The maximum absolute atomic E-state index is 12.5. The van der Waals surface area contributed by atoms with Gasteiger partial charge in [-0.1, -0.05) is 42.5 Å². The Bertz CT molecular complexity index is 1230. The van der Waals surface area contributed by atoms with E-state index < -0.39 is 22.0 Å². The van der Waals surface area contributed by atoms with Crippen molar-refractivity contribution < 1.29 is 23.1 Å². The lowest BCUT2D eigenvalue weighted by atomic mass is 9.93. The second-order valence-corrected chi connectivity index (χ2v) is 11.1.